The molecule has 9 nitrogen and oxygen atoms in total. The molecule has 1 aliphatic carbocycles. The second-order valence-electron chi connectivity index (χ2n) is 14.8. The minimum Gasteiger partial charge on any atom is -0.398 e. The Morgan fingerprint density at radius 3 is 2.76 bits per heavy atom. The van der Waals surface area contributed by atoms with Crippen LogP contribution in [-0.4, -0.2) is 61.0 Å². The Labute approximate surface area is 299 Å². The van der Waals surface area contributed by atoms with Gasteiger partial charge in [0.05, 0.1) is 23.5 Å². The number of hydrogen-bond donors (Lipinski definition) is 1. The van der Waals surface area contributed by atoms with E-state index in [1.165, 1.54) is 34.5 Å². The van der Waals surface area contributed by atoms with Crippen molar-refractivity contribution in [3.05, 3.63) is 68.7 Å². The quantitative estimate of drug-likeness (QED) is 0.209. The molecule has 3 unspecified atom stereocenters. The molecule has 264 valence electrons. The van der Waals surface area contributed by atoms with Gasteiger partial charge in [-0.05, 0) is 101 Å². The highest BCUT2D eigenvalue weighted by atomic mass is 32.1. The van der Waals surface area contributed by atoms with Crippen LogP contribution < -0.4 is 10.6 Å². The van der Waals surface area contributed by atoms with E-state index in [-0.39, 0.29) is 11.5 Å². The Bertz CT molecular complexity index is 1890. The van der Waals surface area contributed by atoms with Gasteiger partial charge in [-0.2, -0.15) is 10.4 Å². The maximum atomic E-state index is 12.8. The molecule has 11 heteroatoms. The van der Waals surface area contributed by atoms with Crippen molar-refractivity contribution < 1.29 is 4.39 Å². The molecule has 0 bridgehead atoms. The van der Waals surface area contributed by atoms with Gasteiger partial charge in [0.1, 0.15) is 34.6 Å². The Kier molecular flexibility index (Phi) is 9.95. The van der Waals surface area contributed by atoms with E-state index in [0.29, 0.717) is 17.8 Å². The predicted molar refractivity (Wildman–Crippen MR) is 198 cm³/mol. The fraction of sp³-hybridized carbons (Fsp3) is 0.564. The minimum absolute atomic E-state index is 0.231. The average Bonchev–Trinajstić information content (AvgIpc) is 3.84. The first-order chi connectivity index (χ1) is 24.2. The summed E-state index contributed by atoms with van der Waals surface area (Å²) >= 11 is 1.69. The number of nitrogens with zero attached hydrogens (tertiary/aromatic N) is 8. The Morgan fingerprint density at radius 2 is 2.02 bits per heavy atom. The molecule has 3 atom stereocenters. The third-order valence-corrected chi connectivity index (χ3v) is 12.1. The number of benzene rings is 1. The van der Waals surface area contributed by atoms with Crippen LogP contribution in [0.5, 0.6) is 0 Å². The maximum absolute atomic E-state index is 12.8. The zero-order chi connectivity index (χ0) is 35.0. The molecule has 2 saturated heterocycles. The molecule has 4 aliphatic rings. The molecule has 3 aliphatic heterocycles. The van der Waals surface area contributed by atoms with Crippen molar-refractivity contribution in [2.24, 2.45) is 0 Å². The van der Waals surface area contributed by atoms with Gasteiger partial charge in [0, 0.05) is 53.9 Å². The van der Waals surface area contributed by atoms with Crippen LogP contribution in [0.4, 0.5) is 15.9 Å². The van der Waals surface area contributed by atoms with Gasteiger partial charge in [0.15, 0.2) is 0 Å². The standard InChI is InChI=1S/C31H36N8S.C8H14FN/c1-4-7-20-9-11-25(33)24(16-32)29(20)21-8-10-23-26(14-21)35-28(5-2)36-30(23)38-12-6-13-39-22(18-38)15-27(37-39)31-34-17-19(3)40-31;1-8-3-2-4-10(8)6-7(9)5-8/h9,11,15,17,21H,4-8,10,12-14,18,33H2,1-3H3;7H,2-6H2,1H3. The first kappa shape index (κ1) is 34.6. The summed E-state index contributed by atoms with van der Waals surface area (Å²) in [5.41, 5.74) is 14.7. The third kappa shape index (κ3) is 6.76. The summed E-state index contributed by atoms with van der Waals surface area (Å²) in [6.07, 6.45) is 11.0. The van der Waals surface area contributed by atoms with Gasteiger partial charge < -0.3 is 10.6 Å². The number of aryl methyl sites for hydroxylation is 4. The molecule has 2 N–H and O–H groups in total. The van der Waals surface area contributed by atoms with Crippen molar-refractivity contribution in [3.8, 4) is 16.8 Å². The number of rotatable bonds is 6. The van der Waals surface area contributed by atoms with Gasteiger partial charge in [-0.25, -0.2) is 19.3 Å². The molecule has 1 aromatic carbocycles. The normalized spacial score (nSPS) is 23.0. The van der Waals surface area contributed by atoms with Crippen LogP contribution in [0, 0.1) is 18.3 Å². The third-order valence-electron chi connectivity index (χ3n) is 11.2. The largest absolute Gasteiger partial charge is 0.398 e. The Hall–Kier alpha value is -3.88. The van der Waals surface area contributed by atoms with Crippen molar-refractivity contribution in [1.82, 2.24) is 29.6 Å². The Balaban J connectivity index is 0.000000334. The highest BCUT2D eigenvalue weighted by molar-refractivity contribution is 7.14. The van der Waals surface area contributed by atoms with Crippen LogP contribution in [0.2, 0.25) is 0 Å². The number of thiazole rings is 1. The van der Waals surface area contributed by atoms with Crippen molar-refractivity contribution in [3.63, 3.8) is 0 Å². The number of nitrogens with two attached hydrogens (primary N) is 1. The molecule has 0 radical (unpaired) electrons. The fourth-order valence-corrected chi connectivity index (χ4v) is 9.41. The van der Waals surface area contributed by atoms with Crippen molar-refractivity contribution in [2.75, 3.05) is 30.3 Å². The van der Waals surface area contributed by atoms with Crippen molar-refractivity contribution >= 4 is 22.8 Å². The van der Waals surface area contributed by atoms with Crippen LogP contribution in [0.15, 0.2) is 24.4 Å². The minimum atomic E-state index is -0.551. The van der Waals surface area contributed by atoms with E-state index in [1.807, 2.05) is 12.3 Å². The van der Waals surface area contributed by atoms with E-state index in [2.05, 4.69) is 65.4 Å². The van der Waals surface area contributed by atoms with Crippen LogP contribution >= 0.6 is 11.3 Å². The molecule has 6 heterocycles. The highest BCUT2D eigenvalue weighted by Gasteiger charge is 2.44. The molecule has 4 aromatic rings. The summed E-state index contributed by atoms with van der Waals surface area (Å²) < 4.78 is 15.0. The maximum Gasteiger partial charge on any atom is 0.143 e. The lowest BCUT2D eigenvalue weighted by molar-refractivity contribution is 0.217. The van der Waals surface area contributed by atoms with Gasteiger partial charge in [0.2, 0.25) is 0 Å². The summed E-state index contributed by atoms with van der Waals surface area (Å²) in [5, 5.41) is 15.9. The fourth-order valence-electron chi connectivity index (χ4n) is 8.69. The lowest BCUT2D eigenvalue weighted by Gasteiger charge is -2.31. The molecule has 0 saturated carbocycles. The van der Waals surface area contributed by atoms with Gasteiger partial charge in [-0.3, -0.25) is 9.58 Å². The average molecular weight is 696 g/mol. The molecular formula is C39H50FN9S. The zero-order valence-corrected chi connectivity index (χ0v) is 30.8. The Morgan fingerprint density at radius 1 is 1.16 bits per heavy atom. The van der Waals surface area contributed by atoms with Gasteiger partial charge in [-0.1, -0.05) is 26.3 Å². The molecule has 50 heavy (non-hydrogen) atoms. The molecule has 8 rings (SSSR count). The number of nitriles is 1. The number of halogens is 1. The lowest BCUT2D eigenvalue weighted by Crippen LogP contribution is -2.34. The van der Waals surface area contributed by atoms with Gasteiger partial charge in [-0.15, -0.1) is 11.3 Å². The van der Waals surface area contributed by atoms with Gasteiger partial charge >= 0.3 is 0 Å². The van der Waals surface area contributed by atoms with E-state index in [9.17, 15) is 9.65 Å². The number of fused-ring (bicyclic) bond motifs is 3. The van der Waals surface area contributed by atoms with Crippen molar-refractivity contribution in [1.29, 1.82) is 5.26 Å². The first-order valence-corrected chi connectivity index (χ1v) is 19.3. The van der Waals surface area contributed by atoms with Crippen molar-refractivity contribution in [2.45, 2.75) is 123 Å². The first-order valence-electron chi connectivity index (χ1n) is 18.5. The van der Waals surface area contributed by atoms with E-state index >= 15 is 0 Å². The number of hydrogen-bond acceptors (Lipinski definition) is 9. The second-order valence-corrected chi connectivity index (χ2v) is 16.0. The monoisotopic (exact) mass is 695 g/mol. The van der Waals surface area contributed by atoms with Crippen LogP contribution in [-0.2, 0) is 38.8 Å². The van der Waals surface area contributed by atoms with Crippen LogP contribution in [0.1, 0.15) is 110 Å². The summed E-state index contributed by atoms with van der Waals surface area (Å²) in [5.74, 6) is 2.19. The smallest absolute Gasteiger partial charge is 0.143 e. The molecule has 2 fully saturated rings. The van der Waals surface area contributed by atoms with E-state index < -0.39 is 6.17 Å². The number of aromatic nitrogens is 5. The predicted octanol–water partition coefficient (Wildman–Crippen LogP) is 7.34. The van der Waals surface area contributed by atoms with Crippen LogP contribution in [0.25, 0.3) is 10.7 Å². The lowest BCUT2D eigenvalue weighted by atomic mass is 9.78. The van der Waals surface area contributed by atoms with Crippen LogP contribution in [0.3, 0.4) is 0 Å². The van der Waals surface area contributed by atoms with E-state index in [4.69, 9.17) is 20.8 Å². The SMILES string of the molecule is CC12CCCN1CC(F)C2.CCCc1ccc(N)c(C#N)c1C1CCc2c(nc(CC)nc2N2CCCn3nc(-c4ncc(C)s4)cc3C2)C1. The molecule has 3 aromatic heterocycles. The van der Waals surface area contributed by atoms with E-state index in [1.54, 1.807) is 11.3 Å². The summed E-state index contributed by atoms with van der Waals surface area (Å²) in [4.78, 5) is 20.6. The second kappa shape index (κ2) is 14.4. The molecule has 0 amide bonds. The summed E-state index contributed by atoms with van der Waals surface area (Å²) in [7, 11) is 0. The topological polar surface area (TPSA) is 113 Å². The van der Waals surface area contributed by atoms with E-state index in [0.717, 1.165) is 111 Å². The molecule has 0 spiro atoms. The molecular weight excluding hydrogens is 646 g/mol. The number of anilines is 2. The summed E-state index contributed by atoms with van der Waals surface area (Å²) in [6.45, 7) is 13.0. The zero-order valence-electron chi connectivity index (χ0n) is 30.0. The number of nitrogen functional groups attached to an aromatic ring is 1. The summed E-state index contributed by atoms with van der Waals surface area (Å²) in [6, 6.07) is 8.63. The highest BCUT2D eigenvalue weighted by Crippen LogP contribution is 2.41. The number of alkyl halides is 1. The van der Waals surface area contributed by atoms with Gasteiger partial charge in [0.25, 0.3) is 0 Å².